The van der Waals surface area contributed by atoms with Crippen molar-refractivity contribution in [3.05, 3.63) is 29.8 Å². The van der Waals surface area contributed by atoms with Gasteiger partial charge in [0.1, 0.15) is 5.75 Å². The maximum absolute atomic E-state index is 13.0. The average molecular weight is 418 g/mol. The van der Waals surface area contributed by atoms with Gasteiger partial charge in [-0.1, -0.05) is 25.5 Å². The maximum atomic E-state index is 13.0. The third-order valence-corrected chi connectivity index (χ3v) is 6.03. The van der Waals surface area contributed by atoms with E-state index in [1.165, 1.54) is 0 Å². The number of nitrogens with zero attached hydrogens (tertiary/aromatic N) is 2. The molecule has 2 saturated heterocycles. The second kappa shape index (κ2) is 11.3. The molecule has 2 amide bonds. The second-order valence-electron chi connectivity index (χ2n) is 8.07. The molecule has 2 aliphatic heterocycles. The number of nitrogens with one attached hydrogen (secondary N) is 1. The molecule has 2 aliphatic rings. The van der Waals surface area contributed by atoms with Gasteiger partial charge >= 0.3 is 0 Å². The molecule has 2 heterocycles. The molecule has 0 bridgehead atoms. The van der Waals surface area contributed by atoms with Crippen LogP contribution in [0.25, 0.3) is 0 Å². The largest absolute Gasteiger partial charge is 0.497 e. The molecule has 1 N–H and O–H groups in total. The molecule has 3 rings (SSSR count). The Morgan fingerprint density at radius 3 is 2.57 bits per heavy atom. The number of hydrogen-bond acceptors (Lipinski definition) is 5. The first kappa shape index (κ1) is 22.6. The molecule has 166 valence electrons. The number of likely N-dealkylation sites (tertiary alicyclic amines) is 1. The highest BCUT2D eigenvalue weighted by molar-refractivity contribution is 5.90. The van der Waals surface area contributed by atoms with E-state index in [9.17, 15) is 9.59 Å². The minimum atomic E-state index is -0.355. The van der Waals surface area contributed by atoms with E-state index >= 15 is 0 Å². The Hall–Kier alpha value is -2.12. The van der Waals surface area contributed by atoms with Crippen molar-refractivity contribution in [3.8, 4) is 5.75 Å². The highest BCUT2D eigenvalue weighted by Crippen LogP contribution is 2.39. The van der Waals surface area contributed by atoms with Crippen LogP contribution < -0.4 is 10.1 Å². The van der Waals surface area contributed by atoms with Gasteiger partial charge in [0.15, 0.2) is 0 Å². The van der Waals surface area contributed by atoms with Gasteiger partial charge in [-0.25, -0.2) is 0 Å². The number of unbranched alkanes of at least 4 members (excludes halogenated alkanes) is 1. The number of amides is 2. The van der Waals surface area contributed by atoms with Gasteiger partial charge in [0.2, 0.25) is 11.8 Å². The molecule has 0 aromatic heterocycles. The van der Waals surface area contributed by atoms with Gasteiger partial charge in [-0.2, -0.15) is 0 Å². The maximum Gasteiger partial charge on any atom is 0.226 e. The first-order chi connectivity index (χ1) is 14.6. The number of morpholine rings is 1. The van der Waals surface area contributed by atoms with Gasteiger partial charge in [0, 0.05) is 32.6 Å². The summed E-state index contributed by atoms with van der Waals surface area (Å²) in [5, 5.41) is 3.08. The van der Waals surface area contributed by atoms with Crippen LogP contribution in [-0.2, 0) is 14.3 Å². The molecule has 0 aliphatic carbocycles. The Morgan fingerprint density at radius 1 is 1.17 bits per heavy atom. The first-order valence-corrected chi connectivity index (χ1v) is 11.1. The van der Waals surface area contributed by atoms with Gasteiger partial charge in [-0.3, -0.25) is 14.5 Å². The van der Waals surface area contributed by atoms with E-state index in [1.54, 1.807) is 7.11 Å². The molecule has 1 aromatic rings. The van der Waals surface area contributed by atoms with E-state index in [-0.39, 0.29) is 30.2 Å². The Morgan fingerprint density at radius 2 is 1.90 bits per heavy atom. The van der Waals surface area contributed by atoms with Gasteiger partial charge in [0.25, 0.3) is 0 Å². The average Bonchev–Trinajstić information content (AvgIpc) is 3.12. The summed E-state index contributed by atoms with van der Waals surface area (Å²) < 4.78 is 10.6. The normalized spacial score (nSPS) is 22.3. The number of ether oxygens (including phenoxy) is 2. The van der Waals surface area contributed by atoms with E-state index in [2.05, 4.69) is 17.1 Å². The van der Waals surface area contributed by atoms with Crippen molar-refractivity contribution in [1.82, 2.24) is 15.1 Å². The zero-order valence-corrected chi connectivity index (χ0v) is 18.3. The molecular weight excluding hydrogens is 382 g/mol. The quantitative estimate of drug-likeness (QED) is 0.591. The lowest BCUT2D eigenvalue weighted by Gasteiger charge is -2.29. The number of carbonyl (C=O) groups excluding carboxylic acids is 2. The van der Waals surface area contributed by atoms with Gasteiger partial charge < -0.3 is 19.7 Å². The Bertz CT molecular complexity index is 688. The number of rotatable bonds is 10. The lowest BCUT2D eigenvalue weighted by Crippen LogP contribution is -2.39. The predicted octanol–water partition coefficient (Wildman–Crippen LogP) is 2.22. The van der Waals surface area contributed by atoms with Crippen molar-refractivity contribution in [2.45, 2.75) is 38.6 Å². The second-order valence-corrected chi connectivity index (χ2v) is 8.07. The molecule has 0 unspecified atom stereocenters. The fourth-order valence-corrected chi connectivity index (χ4v) is 4.30. The lowest BCUT2D eigenvalue weighted by atomic mass is 9.92. The van der Waals surface area contributed by atoms with Crippen molar-refractivity contribution < 1.29 is 19.1 Å². The predicted molar refractivity (Wildman–Crippen MR) is 115 cm³/mol. The van der Waals surface area contributed by atoms with E-state index in [0.29, 0.717) is 13.1 Å². The fraction of sp³-hybridized carbons (Fsp3) is 0.652. The zero-order chi connectivity index (χ0) is 21.3. The Labute approximate surface area is 179 Å². The van der Waals surface area contributed by atoms with Crippen LogP contribution in [0.15, 0.2) is 24.3 Å². The standard InChI is InChI=1S/C23H35N3O4/c1-3-4-12-26-21(27)17-20(22(26)18-6-8-19(29-2)9-7-18)23(28)24-10-5-11-25-13-15-30-16-14-25/h6-9,20,22H,3-5,10-17H2,1-2H3,(H,24,28)/t20-,22+/m0/s1. The molecule has 0 saturated carbocycles. The third kappa shape index (κ3) is 5.73. The van der Waals surface area contributed by atoms with Crippen LogP contribution >= 0.6 is 0 Å². The minimum absolute atomic E-state index is 0.0230. The van der Waals surface area contributed by atoms with Gasteiger partial charge in [0.05, 0.1) is 32.3 Å². The van der Waals surface area contributed by atoms with Crippen LogP contribution in [0.3, 0.4) is 0 Å². The van der Waals surface area contributed by atoms with Crippen molar-refractivity contribution in [2.24, 2.45) is 5.92 Å². The highest BCUT2D eigenvalue weighted by Gasteiger charge is 2.44. The molecule has 30 heavy (non-hydrogen) atoms. The lowest BCUT2D eigenvalue weighted by molar-refractivity contribution is -0.129. The van der Waals surface area contributed by atoms with Crippen molar-refractivity contribution in [2.75, 3.05) is 53.0 Å². The third-order valence-electron chi connectivity index (χ3n) is 6.03. The number of benzene rings is 1. The fourth-order valence-electron chi connectivity index (χ4n) is 4.30. The highest BCUT2D eigenvalue weighted by atomic mass is 16.5. The smallest absolute Gasteiger partial charge is 0.226 e. The zero-order valence-electron chi connectivity index (χ0n) is 18.3. The summed E-state index contributed by atoms with van der Waals surface area (Å²) in [6, 6.07) is 7.52. The van der Waals surface area contributed by atoms with Crippen LogP contribution in [0.2, 0.25) is 0 Å². The number of carbonyl (C=O) groups is 2. The van der Waals surface area contributed by atoms with Gasteiger partial charge in [-0.05, 0) is 37.1 Å². The van der Waals surface area contributed by atoms with Crippen molar-refractivity contribution in [1.29, 1.82) is 0 Å². The Kier molecular flexibility index (Phi) is 8.51. The summed E-state index contributed by atoms with van der Waals surface area (Å²) in [5.74, 6) is 0.460. The van der Waals surface area contributed by atoms with E-state index in [4.69, 9.17) is 9.47 Å². The number of methoxy groups -OCH3 is 1. The SMILES string of the molecule is CCCCN1C(=O)C[C@H](C(=O)NCCCN2CCOCC2)[C@H]1c1ccc(OC)cc1. The molecular formula is C23H35N3O4. The summed E-state index contributed by atoms with van der Waals surface area (Å²) in [7, 11) is 1.63. The molecule has 0 radical (unpaired) electrons. The Balaban J connectivity index is 1.62. The molecule has 2 fully saturated rings. The summed E-state index contributed by atoms with van der Waals surface area (Å²) in [6.07, 6.45) is 3.12. The van der Waals surface area contributed by atoms with Crippen LogP contribution in [-0.4, -0.2) is 74.7 Å². The molecule has 1 aromatic carbocycles. The summed E-state index contributed by atoms with van der Waals surface area (Å²) in [4.78, 5) is 30.0. The van der Waals surface area contributed by atoms with E-state index < -0.39 is 0 Å². The van der Waals surface area contributed by atoms with Crippen molar-refractivity contribution >= 4 is 11.8 Å². The van der Waals surface area contributed by atoms with Crippen LogP contribution in [0.4, 0.5) is 0 Å². The minimum Gasteiger partial charge on any atom is -0.497 e. The van der Waals surface area contributed by atoms with Gasteiger partial charge in [-0.15, -0.1) is 0 Å². The monoisotopic (exact) mass is 417 g/mol. The summed E-state index contributed by atoms with van der Waals surface area (Å²) in [5.41, 5.74) is 0.992. The van der Waals surface area contributed by atoms with Crippen LogP contribution in [0.5, 0.6) is 5.75 Å². The molecule has 0 spiro atoms. The van der Waals surface area contributed by atoms with Crippen molar-refractivity contribution in [3.63, 3.8) is 0 Å². The molecule has 7 heteroatoms. The van der Waals surface area contributed by atoms with Crippen LogP contribution in [0, 0.1) is 5.92 Å². The van der Waals surface area contributed by atoms with E-state index in [0.717, 1.165) is 63.4 Å². The number of hydrogen-bond donors (Lipinski definition) is 1. The van der Waals surface area contributed by atoms with Crippen LogP contribution in [0.1, 0.15) is 44.2 Å². The topological polar surface area (TPSA) is 71.1 Å². The molecule has 2 atom stereocenters. The first-order valence-electron chi connectivity index (χ1n) is 11.1. The van der Waals surface area contributed by atoms with E-state index in [1.807, 2.05) is 29.2 Å². The summed E-state index contributed by atoms with van der Waals surface area (Å²) >= 11 is 0. The summed E-state index contributed by atoms with van der Waals surface area (Å²) in [6.45, 7) is 7.87. The molecule has 7 nitrogen and oxygen atoms in total.